The zero-order valence-corrected chi connectivity index (χ0v) is 9.35. The van der Waals surface area contributed by atoms with Gasteiger partial charge in [0.15, 0.2) is 5.69 Å². The van der Waals surface area contributed by atoms with Crippen molar-refractivity contribution in [3.63, 3.8) is 0 Å². The van der Waals surface area contributed by atoms with E-state index in [9.17, 15) is 4.79 Å². The van der Waals surface area contributed by atoms with E-state index >= 15 is 0 Å². The quantitative estimate of drug-likeness (QED) is 0.904. The largest absolute Gasteiger partial charge is 0.495 e. The monoisotopic (exact) mass is 270 g/mol. The molecule has 5 nitrogen and oxygen atoms in total. The van der Waals surface area contributed by atoms with Gasteiger partial charge in [0.05, 0.1) is 13.3 Å². The summed E-state index contributed by atoms with van der Waals surface area (Å²) >= 11 is 3.18. The van der Waals surface area contributed by atoms with Gasteiger partial charge in [0.2, 0.25) is 0 Å². The Hall–Kier alpha value is -1.56. The summed E-state index contributed by atoms with van der Waals surface area (Å²) in [5, 5.41) is 8.86. The highest BCUT2D eigenvalue weighted by Gasteiger charge is 2.15. The van der Waals surface area contributed by atoms with E-state index in [1.807, 2.05) is 0 Å². The van der Waals surface area contributed by atoms with Crippen LogP contribution in [0.5, 0.6) is 5.75 Å². The summed E-state index contributed by atoms with van der Waals surface area (Å²) in [6, 6.07) is 3.41. The molecular formula is C9H7BrN2O3. The lowest BCUT2D eigenvalue weighted by Gasteiger charge is -2.00. The summed E-state index contributed by atoms with van der Waals surface area (Å²) in [4.78, 5) is 14.8. The summed E-state index contributed by atoms with van der Waals surface area (Å²) < 4.78 is 7.05. The summed E-state index contributed by atoms with van der Waals surface area (Å²) in [6.07, 6.45) is 1.67. The van der Waals surface area contributed by atoms with Gasteiger partial charge in [-0.05, 0) is 28.1 Å². The lowest BCUT2D eigenvalue weighted by atomic mass is 10.4. The van der Waals surface area contributed by atoms with Crippen LogP contribution in [0, 0.1) is 0 Å². The zero-order chi connectivity index (χ0) is 11.0. The first kappa shape index (κ1) is 9.97. The molecule has 0 unspecified atom stereocenters. The van der Waals surface area contributed by atoms with Crippen molar-refractivity contribution in [2.75, 3.05) is 7.11 Å². The Kier molecular flexibility index (Phi) is 2.36. The number of methoxy groups -OCH3 is 1. The maximum absolute atomic E-state index is 10.8. The summed E-state index contributed by atoms with van der Waals surface area (Å²) in [5.74, 6) is -0.429. The number of aromatic carboxylic acids is 1. The maximum atomic E-state index is 10.8. The lowest BCUT2D eigenvalue weighted by Crippen LogP contribution is -1.97. The van der Waals surface area contributed by atoms with Crippen molar-refractivity contribution in [2.45, 2.75) is 0 Å². The predicted molar refractivity (Wildman–Crippen MR) is 56.4 cm³/mol. The highest BCUT2D eigenvalue weighted by molar-refractivity contribution is 9.10. The number of hydrogen-bond donors (Lipinski definition) is 1. The summed E-state index contributed by atoms with van der Waals surface area (Å²) in [5.41, 5.74) is 0.545. The van der Waals surface area contributed by atoms with Crippen molar-refractivity contribution < 1.29 is 14.6 Å². The minimum Gasteiger partial charge on any atom is -0.495 e. The molecule has 0 aliphatic carbocycles. The fourth-order valence-corrected chi connectivity index (χ4v) is 1.80. The molecule has 6 heteroatoms. The Morgan fingerprint density at radius 1 is 1.60 bits per heavy atom. The SMILES string of the molecule is COc1ccc2nc(C(=O)O)c(Br)n2c1. The van der Waals surface area contributed by atoms with Crippen LogP contribution in [0.2, 0.25) is 0 Å². The number of imidazole rings is 1. The molecule has 0 aliphatic rings. The third kappa shape index (κ3) is 1.56. The number of hydrogen-bond acceptors (Lipinski definition) is 3. The maximum Gasteiger partial charge on any atom is 0.357 e. The van der Waals surface area contributed by atoms with Crippen molar-refractivity contribution in [2.24, 2.45) is 0 Å². The molecule has 0 aromatic carbocycles. The van der Waals surface area contributed by atoms with E-state index in [4.69, 9.17) is 9.84 Å². The first-order valence-electron chi connectivity index (χ1n) is 4.08. The Balaban J connectivity index is 2.72. The number of halogens is 1. The molecule has 78 valence electrons. The van der Waals surface area contributed by atoms with E-state index in [0.717, 1.165) is 0 Å². The van der Waals surface area contributed by atoms with Crippen molar-refractivity contribution in [1.82, 2.24) is 9.38 Å². The predicted octanol–water partition coefficient (Wildman–Crippen LogP) is 1.80. The average Bonchev–Trinajstić information content (AvgIpc) is 2.56. The molecule has 15 heavy (non-hydrogen) atoms. The molecule has 0 amide bonds. The molecule has 0 saturated heterocycles. The van der Waals surface area contributed by atoms with Gasteiger partial charge in [0, 0.05) is 0 Å². The Bertz CT molecular complexity index is 535. The number of carboxylic acids is 1. The number of ether oxygens (including phenoxy) is 1. The second-order valence-electron chi connectivity index (χ2n) is 2.85. The van der Waals surface area contributed by atoms with Gasteiger partial charge in [-0.15, -0.1) is 0 Å². The fraction of sp³-hybridized carbons (Fsp3) is 0.111. The van der Waals surface area contributed by atoms with E-state index in [0.29, 0.717) is 16.0 Å². The van der Waals surface area contributed by atoms with Crippen molar-refractivity contribution in [3.05, 3.63) is 28.6 Å². The average molecular weight is 271 g/mol. The number of rotatable bonds is 2. The van der Waals surface area contributed by atoms with Crippen LogP contribution in [-0.2, 0) is 0 Å². The van der Waals surface area contributed by atoms with E-state index < -0.39 is 5.97 Å². The second-order valence-corrected chi connectivity index (χ2v) is 3.60. The molecule has 0 fully saturated rings. The zero-order valence-electron chi connectivity index (χ0n) is 7.77. The minimum atomic E-state index is -1.07. The van der Waals surface area contributed by atoms with Crippen LogP contribution in [0.4, 0.5) is 0 Å². The van der Waals surface area contributed by atoms with E-state index in [1.54, 1.807) is 29.8 Å². The Morgan fingerprint density at radius 3 is 2.93 bits per heavy atom. The number of nitrogens with zero attached hydrogens (tertiary/aromatic N) is 2. The molecule has 0 atom stereocenters. The van der Waals surface area contributed by atoms with Gasteiger partial charge < -0.3 is 9.84 Å². The number of carboxylic acid groups (broad SMARTS) is 1. The topological polar surface area (TPSA) is 63.8 Å². The normalized spacial score (nSPS) is 10.5. The molecule has 2 heterocycles. The molecule has 0 saturated carbocycles. The fourth-order valence-electron chi connectivity index (χ4n) is 1.25. The molecule has 0 aliphatic heterocycles. The number of aromatic nitrogens is 2. The minimum absolute atomic E-state index is 0.0109. The number of fused-ring (bicyclic) bond motifs is 1. The molecule has 0 bridgehead atoms. The molecular weight excluding hydrogens is 264 g/mol. The van der Waals surface area contributed by atoms with Crippen LogP contribution in [-0.4, -0.2) is 27.6 Å². The van der Waals surface area contributed by atoms with Crippen molar-refractivity contribution in [1.29, 1.82) is 0 Å². The van der Waals surface area contributed by atoms with Gasteiger partial charge in [-0.2, -0.15) is 0 Å². The van der Waals surface area contributed by atoms with Gasteiger partial charge in [-0.1, -0.05) is 0 Å². The lowest BCUT2D eigenvalue weighted by molar-refractivity contribution is 0.0690. The third-order valence-corrected chi connectivity index (χ3v) is 2.73. The van der Waals surface area contributed by atoms with Crippen LogP contribution >= 0.6 is 15.9 Å². The first-order valence-corrected chi connectivity index (χ1v) is 4.87. The summed E-state index contributed by atoms with van der Waals surface area (Å²) in [6.45, 7) is 0. The number of pyridine rings is 1. The highest BCUT2D eigenvalue weighted by atomic mass is 79.9. The standard InChI is InChI=1S/C9H7BrN2O3/c1-15-5-2-3-6-11-7(9(13)14)8(10)12(6)4-5/h2-4H,1H3,(H,13,14). The van der Waals surface area contributed by atoms with Crippen LogP contribution < -0.4 is 4.74 Å². The highest BCUT2D eigenvalue weighted by Crippen LogP contribution is 2.21. The van der Waals surface area contributed by atoms with Crippen LogP contribution in [0.3, 0.4) is 0 Å². The molecule has 2 rings (SSSR count). The molecule has 2 aromatic heterocycles. The van der Waals surface area contributed by atoms with E-state index in [1.165, 1.54) is 0 Å². The Labute approximate surface area is 93.4 Å². The molecule has 0 radical (unpaired) electrons. The third-order valence-electron chi connectivity index (χ3n) is 1.97. The van der Waals surface area contributed by atoms with E-state index in [2.05, 4.69) is 20.9 Å². The van der Waals surface area contributed by atoms with Crippen LogP contribution in [0.25, 0.3) is 5.65 Å². The van der Waals surface area contributed by atoms with Crippen molar-refractivity contribution >= 4 is 27.5 Å². The summed E-state index contributed by atoms with van der Waals surface area (Å²) in [7, 11) is 1.55. The van der Waals surface area contributed by atoms with Gasteiger partial charge >= 0.3 is 5.97 Å². The molecule has 0 spiro atoms. The van der Waals surface area contributed by atoms with Crippen LogP contribution in [0.1, 0.15) is 10.5 Å². The molecule has 1 N–H and O–H groups in total. The Morgan fingerprint density at radius 2 is 2.33 bits per heavy atom. The van der Waals surface area contributed by atoms with Crippen molar-refractivity contribution in [3.8, 4) is 5.75 Å². The molecule has 2 aromatic rings. The van der Waals surface area contributed by atoms with E-state index in [-0.39, 0.29) is 5.69 Å². The first-order chi connectivity index (χ1) is 7.13. The smallest absolute Gasteiger partial charge is 0.357 e. The number of carbonyl (C=O) groups is 1. The second kappa shape index (κ2) is 3.54. The van der Waals surface area contributed by atoms with Crippen LogP contribution in [0.15, 0.2) is 22.9 Å². The van der Waals surface area contributed by atoms with Gasteiger partial charge in [0.1, 0.15) is 16.0 Å². The van der Waals surface area contributed by atoms with Gasteiger partial charge in [0.25, 0.3) is 0 Å². The van der Waals surface area contributed by atoms with Gasteiger partial charge in [-0.25, -0.2) is 9.78 Å². The van der Waals surface area contributed by atoms with Gasteiger partial charge in [-0.3, -0.25) is 4.40 Å².